The summed E-state index contributed by atoms with van der Waals surface area (Å²) >= 11 is 0. The van der Waals surface area contributed by atoms with E-state index in [0.29, 0.717) is 0 Å². The van der Waals surface area contributed by atoms with Crippen molar-refractivity contribution in [3.05, 3.63) is 36.6 Å². The summed E-state index contributed by atoms with van der Waals surface area (Å²) in [5, 5.41) is 0. The average Bonchev–Trinajstić information content (AvgIpc) is 1.99. The fourth-order valence-corrected chi connectivity index (χ4v) is 0.570. The van der Waals surface area contributed by atoms with Crippen LogP contribution in [-0.2, 0) is 4.74 Å². The number of methoxy groups -OCH3 is 1. The van der Waals surface area contributed by atoms with Crippen LogP contribution in [0.5, 0.6) is 0 Å². The first-order chi connectivity index (χ1) is 4.85. The summed E-state index contributed by atoms with van der Waals surface area (Å²) in [4.78, 5) is 0. The van der Waals surface area contributed by atoms with Gasteiger partial charge in [-0.3, -0.25) is 0 Å². The van der Waals surface area contributed by atoms with Gasteiger partial charge < -0.3 is 4.74 Å². The number of rotatable bonds is 4. The molecule has 0 saturated heterocycles. The molecule has 0 saturated carbocycles. The Kier molecular flexibility index (Phi) is 5.54. The van der Waals surface area contributed by atoms with Crippen LogP contribution in [-0.4, -0.2) is 7.11 Å². The highest BCUT2D eigenvalue weighted by atomic mass is 16.5. The number of hydrogen-bond acceptors (Lipinski definition) is 1. The SMILES string of the molecule is C=C/C(=C\C/C=C\C)OC. The van der Waals surface area contributed by atoms with Crippen molar-refractivity contribution in [3.8, 4) is 0 Å². The van der Waals surface area contributed by atoms with E-state index in [1.807, 2.05) is 19.1 Å². The Labute approximate surface area is 62.7 Å². The summed E-state index contributed by atoms with van der Waals surface area (Å²) in [6, 6.07) is 0. The van der Waals surface area contributed by atoms with Crippen molar-refractivity contribution in [1.82, 2.24) is 0 Å². The van der Waals surface area contributed by atoms with E-state index in [-0.39, 0.29) is 0 Å². The third-order valence-corrected chi connectivity index (χ3v) is 1.13. The Hall–Kier alpha value is -0.980. The van der Waals surface area contributed by atoms with Gasteiger partial charge in [-0.25, -0.2) is 0 Å². The Morgan fingerprint density at radius 2 is 2.30 bits per heavy atom. The zero-order valence-electron chi connectivity index (χ0n) is 6.63. The number of allylic oxidation sites excluding steroid dienone is 4. The van der Waals surface area contributed by atoms with Gasteiger partial charge in [0.25, 0.3) is 0 Å². The summed E-state index contributed by atoms with van der Waals surface area (Å²) in [6.07, 6.45) is 8.65. The quantitative estimate of drug-likeness (QED) is 0.329. The molecule has 0 aromatic rings. The third-order valence-electron chi connectivity index (χ3n) is 1.13. The van der Waals surface area contributed by atoms with Crippen molar-refractivity contribution < 1.29 is 4.74 Å². The molecule has 0 radical (unpaired) electrons. The molecule has 0 aromatic heterocycles. The minimum Gasteiger partial charge on any atom is -0.497 e. The lowest BCUT2D eigenvalue weighted by atomic mass is 10.3. The molecule has 1 heteroatoms. The smallest absolute Gasteiger partial charge is 0.114 e. The predicted octanol–water partition coefficient (Wildman–Crippen LogP) is 2.67. The Bertz CT molecular complexity index is 143. The molecule has 56 valence electrons. The minimum atomic E-state index is 0.832. The maximum absolute atomic E-state index is 4.96. The Balaban J connectivity index is 3.74. The molecule has 0 amide bonds. The Morgan fingerprint density at radius 3 is 2.70 bits per heavy atom. The molecule has 0 bridgehead atoms. The highest BCUT2D eigenvalue weighted by Crippen LogP contribution is 1.98. The topological polar surface area (TPSA) is 9.23 Å². The third kappa shape index (κ3) is 3.96. The molecule has 0 spiro atoms. The van der Waals surface area contributed by atoms with E-state index in [2.05, 4.69) is 12.7 Å². The van der Waals surface area contributed by atoms with Crippen molar-refractivity contribution in [1.29, 1.82) is 0 Å². The monoisotopic (exact) mass is 138 g/mol. The van der Waals surface area contributed by atoms with Gasteiger partial charge in [0.1, 0.15) is 5.76 Å². The molecule has 0 unspecified atom stereocenters. The maximum Gasteiger partial charge on any atom is 0.114 e. The molecule has 10 heavy (non-hydrogen) atoms. The van der Waals surface area contributed by atoms with E-state index >= 15 is 0 Å². The summed E-state index contributed by atoms with van der Waals surface area (Å²) in [5.74, 6) is 0.832. The van der Waals surface area contributed by atoms with Gasteiger partial charge in [0.15, 0.2) is 0 Å². The van der Waals surface area contributed by atoms with E-state index < -0.39 is 0 Å². The van der Waals surface area contributed by atoms with Crippen LogP contribution in [0.3, 0.4) is 0 Å². The minimum absolute atomic E-state index is 0.832. The number of ether oxygens (including phenoxy) is 1. The summed E-state index contributed by atoms with van der Waals surface area (Å²) in [6.45, 7) is 5.59. The van der Waals surface area contributed by atoms with Crippen molar-refractivity contribution in [2.75, 3.05) is 7.11 Å². The van der Waals surface area contributed by atoms with Crippen LogP contribution in [0.4, 0.5) is 0 Å². The maximum atomic E-state index is 4.96. The lowest BCUT2D eigenvalue weighted by molar-refractivity contribution is 0.306. The molecule has 0 heterocycles. The second-order valence-electron chi connectivity index (χ2n) is 1.82. The van der Waals surface area contributed by atoms with Gasteiger partial charge >= 0.3 is 0 Å². The van der Waals surface area contributed by atoms with Gasteiger partial charge in [-0.1, -0.05) is 18.7 Å². The van der Waals surface area contributed by atoms with Gasteiger partial charge in [-0.05, 0) is 25.5 Å². The highest BCUT2D eigenvalue weighted by Gasteiger charge is 1.82. The second kappa shape index (κ2) is 6.14. The van der Waals surface area contributed by atoms with Crippen LogP contribution in [0.1, 0.15) is 13.3 Å². The fraction of sp³-hybridized carbons (Fsp3) is 0.333. The summed E-state index contributed by atoms with van der Waals surface area (Å²) in [7, 11) is 1.64. The van der Waals surface area contributed by atoms with Gasteiger partial charge in [0, 0.05) is 0 Å². The van der Waals surface area contributed by atoms with E-state index in [4.69, 9.17) is 4.74 Å². The van der Waals surface area contributed by atoms with Crippen molar-refractivity contribution in [3.63, 3.8) is 0 Å². The number of hydrogen-bond donors (Lipinski definition) is 0. The molecule has 0 atom stereocenters. The van der Waals surface area contributed by atoms with E-state index in [9.17, 15) is 0 Å². The zero-order valence-corrected chi connectivity index (χ0v) is 6.63. The molecule has 0 aliphatic rings. The average molecular weight is 138 g/mol. The molecule has 0 aliphatic heterocycles. The largest absolute Gasteiger partial charge is 0.497 e. The van der Waals surface area contributed by atoms with Gasteiger partial charge in [-0.15, -0.1) is 0 Å². The summed E-state index contributed by atoms with van der Waals surface area (Å²) in [5.41, 5.74) is 0. The molecule has 0 aromatic carbocycles. The van der Waals surface area contributed by atoms with E-state index in [1.165, 1.54) is 0 Å². The standard InChI is InChI=1S/C9H14O/c1-4-6-7-8-9(5-2)10-3/h4-6,8H,2,7H2,1,3H3/b6-4-,9-8+. The van der Waals surface area contributed by atoms with Crippen molar-refractivity contribution in [2.45, 2.75) is 13.3 Å². The van der Waals surface area contributed by atoms with E-state index in [1.54, 1.807) is 13.2 Å². The van der Waals surface area contributed by atoms with Crippen molar-refractivity contribution in [2.24, 2.45) is 0 Å². The molecule has 0 rings (SSSR count). The van der Waals surface area contributed by atoms with Crippen LogP contribution in [0, 0.1) is 0 Å². The van der Waals surface area contributed by atoms with E-state index in [0.717, 1.165) is 12.2 Å². The summed E-state index contributed by atoms with van der Waals surface area (Å²) < 4.78 is 4.96. The normalized spacial score (nSPS) is 12.0. The Morgan fingerprint density at radius 1 is 1.60 bits per heavy atom. The predicted molar refractivity (Wildman–Crippen MR) is 44.7 cm³/mol. The highest BCUT2D eigenvalue weighted by molar-refractivity contribution is 5.09. The molecule has 0 aliphatic carbocycles. The van der Waals surface area contributed by atoms with Crippen LogP contribution < -0.4 is 0 Å². The first-order valence-corrected chi connectivity index (χ1v) is 3.33. The molecule has 1 nitrogen and oxygen atoms in total. The second-order valence-corrected chi connectivity index (χ2v) is 1.82. The molecule has 0 fully saturated rings. The zero-order chi connectivity index (χ0) is 7.82. The van der Waals surface area contributed by atoms with Crippen LogP contribution in [0.15, 0.2) is 36.6 Å². The van der Waals surface area contributed by atoms with Crippen LogP contribution >= 0.6 is 0 Å². The van der Waals surface area contributed by atoms with Gasteiger partial charge in [0.2, 0.25) is 0 Å². The molecular formula is C9H14O. The lowest BCUT2D eigenvalue weighted by Crippen LogP contribution is -1.79. The van der Waals surface area contributed by atoms with Crippen molar-refractivity contribution >= 4 is 0 Å². The fourth-order valence-electron chi connectivity index (χ4n) is 0.570. The first kappa shape index (κ1) is 9.02. The molecule has 0 N–H and O–H groups in total. The van der Waals surface area contributed by atoms with Gasteiger partial charge in [-0.2, -0.15) is 0 Å². The van der Waals surface area contributed by atoms with Gasteiger partial charge in [0.05, 0.1) is 7.11 Å². The lowest BCUT2D eigenvalue weighted by Gasteiger charge is -1.96. The first-order valence-electron chi connectivity index (χ1n) is 3.33. The van der Waals surface area contributed by atoms with Crippen LogP contribution in [0.2, 0.25) is 0 Å². The molecular weight excluding hydrogens is 124 g/mol. The van der Waals surface area contributed by atoms with Crippen LogP contribution in [0.25, 0.3) is 0 Å².